The molecule has 72 valence electrons. The van der Waals surface area contributed by atoms with Crippen molar-refractivity contribution < 1.29 is 4.39 Å². The molecule has 0 saturated carbocycles. The minimum absolute atomic E-state index is 0.326. The summed E-state index contributed by atoms with van der Waals surface area (Å²) in [7, 11) is 0. The van der Waals surface area contributed by atoms with Gasteiger partial charge >= 0.3 is 0 Å². The summed E-state index contributed by atoms with van der Waals surface area (Å²) in [6.07, 6.45) is 1.67. The molecule has 0 rings (SSSR count). The van der Waals surface area contributed by atoms with E-state index in [1.165, 1.54) is 0 Å². The highest BCUT2D eigenvalue weighted by molar-refractivity contribution is 7.83. The van der Waals surface area contributed by atoms with Gasteiger partial charge in [-0.2, -0.15) is 0 Å². The van der Waals surface area contributed by atoms with Crippen LogP contribution in [-0.2, 0) is 0 Å². The first-order chi connectivity index (χ1) is 5.76. The fraction of sp³-hybridized carbons (Fsp3) is 0.556. The molecule has 0 aliphatic heterocycles. The normalized spacial score (nSPS) is 11.8. The highest BCUT2D eigenvalue weighted by Gasteiger charge is 1.97. The van der Waals surface area contributed by atoms with E-state index >= 15 is 0 Å². The highest BCUT2D eigenvalue weighted by Crippen LogP contribution is 2.08. The van der Waals surface area contributed by atoms with Crippen LogP contribution in [0.2, 0.25) is 0 Å². The lowest BCUT2D eigenvalue weighted by Gasteiger charge is -2.03. The van der Waals surface area contributed by atoms with Gasteiger partial charge in [0.05, 0.1) is 5.70 Å². The molecule has 0 fully saturated rings. The molecule has 0 spiro atoms. The van der Waals surface area contributed by atoms with E-state index in [2.05, 4.69) is 17.9 Å². The summed E-state index contributed by atoms with van der Waals surface area (Å²) in [5.74, 6) is -0.326. The lowest BCUT2D eigenvalue weighted by atomic mass is 10.4. The summed E-state index contributed by atoms with van der Waals surface area (Å²) in [5.41, 5.74) is 0.498. The van der Waals surface area contributed by atoms with Crippen molar-refractivity contribution in [3.05, 3.63) is 23.0 Å². The molecule has 0 bridgehead atoms. The maximum atomic E-state index is 12.6. The van der Waals surface area contributed by atoms with Crippen LogP contribution >= 0.6 is 12.6 Å². The Labute approximate surface area is 80.2 Å². The molecule has 0 amide bonds. The van der Waals surface area contributed by atoms with Gasteiger partial charge in [0.1, 0.15) is 0 Å². The third-order valence-corrected chi connectivity index (χ3v) is 1.25. The van der Waals surface area contributed by atoms with Crippen LogP contribution in [0.3, 0.4) is 0 Å². The Bertz CT molecular complexity index is 153. The van der Waals surface area contributed by atoms with Crippen molar-refractivity contribution in [1.82, 2.24) is 5.32 Å². The number of hydrogen-bond donors (Lipinski definition) is 2. The Morgan fingerprint density at radius 2 is 2.00 bits per heavy atom. The van der Waals surface area contributed by atoms with E-state index < -0.39 is 0 Å². The number of allylic oxidation sites excluding steroid dienone is 2. The van der Waals surface area contributed by atoms with Crippen LogP contribution in [0.5, 0.6) is 0 Å². The lowest BCUT2D eigenvalue weighted by Crippen LogP contribution is -2.11. The van der Waals surface area contributed by atoms with Gasteiger partial charge in [-0.25, -0.2) is 4.39 Å². The molecule has 0 aromatic heterocycles. The fourth-order valence-corrected chi connectivity index (χ4v) is 0.723. The second-order valence-electron chi connectivity index (χ2n) is 1.71. The Hall–Kier alpha value is -0.440. The molecule has 0 saturated heterocycles. The van der Waals surface area contributed by atoms with Crippen LogP contribution < -0.4 is 5.32 Å². The Balaban J connectivity index is 0. The van der Waals surface area contributed by atoms with E-state index in [1.807, 2.05) is 20.8 Å². The predicted octanol–water partition coefficient (Wildman–Crippen LogP) is 3.27. The van der Waals surface area contributed by atoms with E-state index in [1.54, 1.807) is 13.0 Å². The molecule has 12 heavy (non-hydrogen) atoms. The Kier molecular flexibility index (Phi) is 12.4. The Morgan fingerprint density at radius 1 is 1.50 bits per heavy atom. The van der Waals surface area contributed by atoms with E-state index in [0.29, 0.717) is 12.2 Å². The molecule has 1 N–H and O–H groups in total. The average molecular weight is 191 g/mol. The monoisotopic (exact) mass is 191 g/mol. The lowest BCUT2D eigenvalue weighted by molar-refractivity contribution is 0.626. The molecule has 3 heteroatoms. The van der Waals surface area contributed by atoms with Gasteiger partial charge in [-0.05, 0) is 13.8 Å². The first-order valence-corrected chi connectivity index (χ1v) is 4.68. The summed E-state index contributed by atoms with van der Waals surface area (Å²) in [5, 5.41) is 3.99. The standard InChI is InChI=1S/C7H12FNS.C2H6/c1-3-7(9-4-2)6(8)5-10;1-2/h3,5,9-10H,4H2,1-2H3;1-2H3/b6-5+,7-3+;. The van der Waals surface area contributed by atoms with Crippen molar-refractivity contribution in [3.63, 3.8) is 0 Å². The summed E-state index contributed by atoms with van der Waals surface area (Å²) in [4.78, 5) is 0. The van der Waals surface area contributed by atoms with Crippen molar-refractivity contribution in [3.8, 4) is 0 Å². The molecule has 1 nitrogen and oxygen atoms in total. The van der Waals surface area contributed by atoms with Crippen molar-refractivity contribution in [2.75, 3.05) is 6.54 Å². The van der Waals surface area contributed by atoms with Gasteiger partial charge in [0.2, 0.25) is 0 Å². The fourth-order valence-electron chi connectivity index (χ4n) is 0.584. The molecule has 0 heterocycles. The summed E-state index contributed by atoms with van der Waals surface area (Å²) in [6, 6.07) is 0. The summed E-state index contributed by atoms with van der Waals surface area (Å²) >= 11 is 3.68. The number of likely N-dealkylation sites (N-methyl/N-ethyl adjacent to an activating group) is 1. The molecule has 0 unspecified atom stereocenters. The summed E-state index contributed by atoms with van der Waals surface area (Å²) < 4.78 is 12.6. The smallest absolute Gasteiger partial charge is 0.151 e. The number of hydrogen-bond acceptors (Lipinski definition) is 2. The predicted molar refractivity (Wildman–Crippen MR) is 57.0 cm³/mol. The molecule has 0 radical (unpaired) electrons. The molecule has 0 aliphatic rings. The van der Waals surface area contributed by atoms with E-state index in [9.17, 15) is 4.39 Å². The minimum Gasteiger partial charge on any atom is -0.383 e. The molecule has 0 atom stereocenters. The van der Waals surface area contributed by atoms with E-state index in [0.717, 1.165) is 5.41 Å². The number of nitrogens with one attached hydrogen (secondary N) is 1. The van der Waals surface area contributed by atoms with Gasteiger partial charge in [0, 0.05) is 12.0 Å². The second kappa shape index (κ2) is 10.6. The maximum absolute atomic E-state index is 12.6. The van der Waals surface area contributed by atoms with E-state index in [4.69, 9.17) is 0 Å². The first-order valence-electron chi connectivity index (χ1n) is 4.16. The molecular formula is C9H18FNS. The van der Waals surface area contributed by atoms with Crippen molar-refractivity contribution in [2.45, 2.75) is 27.7 Å². The van der Waals surface area contributed by atoms with Gasteiger partial charge < -0.3 is 5.32 Å². The van der Waals surface area contributed by atoms with Crippen molar-refractivity contribution in [1.29, 1.82) is 0 Å². The molecule has 0 aliphatic carbocycles. The van der Waals surface area contributed by atoms with Crippen LogP contribution in [0.25, 0.3) is 0 Å². The first kappa shape index (κ1) is 14.1. The quantitative estimate of drug-likeness (QED) is 0.515. The SMILES string of the molecule is C/C=C(NCC)\C(F)=C/S.CC. The largest absolute Gasteiger partial charge is 0.383 e. The van der Waals surface area contributed by atoms with Crippen LogP contribution in [0.15, 0.2) is 23.0 Å². The van der Waals surface area contributed by atoms with Gasteiger partial charge in [0.25, 0.3) is 0 Å². The molecular weight excluding hydrogens is 173 g/mol. The van der Waals surface area contributed by atoms with Crippen LogP contribution in [0.4, 0.5) is 4.39 Å². The highest BCUT2D eigenvalue weighted by atomic mass is 32.1. The van der Waals surface area contributed by atoms with Crippen molar-refractivity contribution >= 4 is 12.6 Å². The molecule has 0 aromatic rings. The van der Waals surface area contributed by atoms with Gasteiger partial charge in [0.15, 0.2) is 5.83 Å². The zero-order valence-corrected chi connectivity index (χ0v) is 9.08. The second-order valence-corrected chi connectivity index (χ2v) is 1.97. The van der Waals surface area contributed by atoms with Gasteiger partial charge in [-0.3, -0.25) is 0 Å². The average Bonchev–Trinajstić information content (AvgIpc) is 2.16. The number of rotatable bonds is 3. The van der Waals surface area contributed by atoms with Crippen molar-refractivity contribution in [2.24, 2.45) is 0 Å². The maximum Gasteiger partial charge on any atom is 0.151 e. The third kappa shape index (κ3) is 6.28. The zero-order valence-electron chi connectivity index (χ0n) is 8.19. The van der Waals surface area contributed by atoms with Gasteiger partial charge in [-0.15, -0.1) is 12.6 Å². The van der Waals surface area contributed by atoms with Gasteiger partial charge in [-0.1, -0.05) is 19.9 Å². The summed E-state index contributed by atoms with van der Waals surface area (Å²) in [6.45, 7) is 8.40. The third-order valence-electron chi connectivity index (χ3n) is 1.03. The molecule has 0 aromatic carbocycles. The zero-order chi connectivity index (χ0) is 9.98. The van der Waals surface area contributed by atoms with Crippen LogP contribution in [0, 0.1) is 0 Å². The van der Waals surface area contributed by atoms with E-state index in [-0.39, 0.29) is 5.83 Å². The number of thiol groups is 1. The van der Waals surface area contributed by atoms with Crippen LogP contribution in [0.1, 0.15) is 27.7 Å². The minimum atomic E-state index is -0.326. The Morgan fingerprint density at radius 3 is 2.25 bits per heavy atom. The topological polar surface area (TPSA) is 12.0 Å². The number of halogens is 1. The van der Waals surface area contributed by atoms with Crippen LogP contribution in [-0.4, -0.2) is 6.54 Å².